The Bertz CT molecular complexity index is 1770. The molecule has 4 aromatic carbocycles. The molecule has 0 saturated heterocycles. The first kappa shape index (κ1) is 21.3. The van der Waals surface area contributed by atoms with Gasteiger partial charge in [0.1, 0.15) is 5.84 Å². The smallest absolute Gasteiger partial charge is 0.157 e. The van der Waals surface area contributed by atoms with E-state index in [4.69, 9.17) is 9.98 Å². The van der Waals surface area contributed by atoms with Gasteiger partial charge in [0.15, 0.2) is 5.84 Å². The first-order chi connectivity index (χ1) is 17.8. The van der Waals surface area contributed by atoms with E-state index in [-0.39, 0.29) is 12.0 Å². The summed E-state index contributed by atoms with van der Waals surface area (Å²) in [5.41, 5.74) is 4.75. The van der Waals surface area contributed by atoms with Gasteiger partial charge in [0, 0.05) is 27.0 Å². The van der Waals surface area contributed by atoms with Crippen LogP contribution in [0.25, 0.3) is 31.2 Å². The second-order valence-corrected chi connectivity index (χ2v) is 10.3. The number of benzene rings is 4. The van der Waals surface area contributed by atoms with Crippen molar-refractivity contribution < 1.29 is 0 Å². The molecule has 6 aromatic rings. The summed E-state index contributed by atoms with van der Waals surface area (Å²) in [7, 11) is 0. The fourth-order valence-electron chi connectivity index (χ4n) is 5.54. The van der Waals surface area contributed by atoms with Crippen LogP contribution < -0.4 is 0 Å². The van der Waals surface area contributed by atoms with Crippen LogP contribution in [0.4, 0.5) is 0 Å². The van der Waals surface area contributed by atoms with Crippen LogP contribution in [0.5, 0.6) is 0 Å². The Labute approximate surface area is 214 Å². The average Bonchev–Trinajstić information content (AvgIpc) is 3.48. The van der Waals surface area contributed by atoms with E-state index < -0.39 is 0 Å². The fraction of sp³-hybridized carbons (Fsp3) is 0.125. The van der Waals surface area contributed by atoms with E-state index in [9.17, 15) is 0 Å². The highest BCUT2D eigenvalue weighted by Crippen LogP contribution is 2.43. The Hall–Kier alpha value is -4.02. The zero-order chi connectivity index (χ0) is 24.1. The van der Waals surface area contributed by atoms with Crippen molar-refractivity contribution in [3.05, 3.63) is 120 Å². The normalized spacial score (nSPS) is 18.0. The van der Waals surface area contributed by atoms with Gasteiger partial charge in [-0.25, -0.2) is 4.99 Å². The van der Waals surface area contributed by atoms with Crippen LogP contribution in [0.3, 0.4) is 0 Å². The molecule has 0 aliphatic carbocycles. The van der Waals surface area contributed by atoms with E-state index in [0.717, 1.165) is 23.7 Å². The molecule has 7 rings (SSSR count). The minimum absolute atomic E-state index is 0.0000169. The quantitative estimate of drug-likeness (QED) is 0.242. The third kappa shape index (κ3) is 3.25. The van der Waals surface area contributed by atoms with Crippen LogP contribution in [0, 0.1) is 5.92 Å². The number of fused-ring (bicyclic) bond motifs is 5. The van der Waals surface area contributed by atoms with E-state index in [1.807, 2.05) is 17.4 Å². The van der Waals surface area contributed by atoms with Gasteiger partial charge >= 0.3 is 0 Å². The van der Waals surface area contributed by atoms with Crippen molar-refractivity contribution >= 4 is 54.2 Å². The number of aromatic nitrogens is 1. The molecule has 0 saturated carbocycles. The summed E-state index contributed by atoms with van der Waals surface area (Å²) in [6, 6.07) is 38.6. The number of thiophene rings is 1. The first-order valence-electron chi connectivity index (χ1n) is 12.5. The lowest BCUT2D eigenvalue weighted by Gasteiger charge is -2.30. The van der Waals surface area contributed by atoms with Crippen LogP contribution in [0.2, 0.25) is 0 Å². The van der Waals surface area contributed by atoms with Crippen molar-refractivity contribution in [2.45, 2.75) is 19.4 Å². The second-order valence-electron chi connectivity index (χ2n) is 9.29. The summed E-state index contributed by atoms with van der Waals surface area (Å²) < 4.78 is 5.07. The van der Waals surface area contributed by atoms with Gasteiger partial charge in [-0.1, -0.05) is 104 Å². The monoisotopic (exact) mass is 483 g/mol. The number of hydrogen-bond donors (Lipinski definition) is 0. The average molecular weight is 484 g/mol. The molecule has 0 amide bonds. The van der Waals surface area contributed by atoms with Crippen molar-refractivity contribution in [3.8, 4) is 0 Å². The van der Waals surface area contributed by atoms with Gasteiger partial charge in [-0.3, -0.25) is 9.56 Å². The maximum absolute atomic E-state index is 5.34. The Morgan fingerprint density at radius 1 is 0.750 bits per heavy atom. The summed E-state index contributed by atoms with van der Waals surface area (Å²) in [4.78, 5) is 10.6. The van der Waals surface area contributed by atoms with E-state index in [1.54, 1.807) is 0 Å². The Kier molecular flexibility index (Phi) is 5.07. The topological polar surface area (TPSA) is 29.6 Å². The van der Waals surface area contributed by atoms with Gasteiger partial charge < -0.3 is 0 Å². The summed E-state index contributed by atoms with van der Waals surface area (Å²) in [5, 5.41) is 2.57. The zero-order valence-electron chi connectivity index (χ0n) is 20.0. The standard InChI is InChI=1S/C32H25N3S/c1-2-23-28(21-13-5-3-6-14-21)33-31(22-15-7-4-8-16-22)34-32(23)35-26-19-11-9-17-24(26)30-29(35)25-18-10-12-20-27(25)36-30/h3-20,23,28H,2H2,1H3. The van der Waals surface area contributed by atoms with Crippen molar-refractivity contribution in [3.63, 3.8) is 0 Å². The maximum Gasteiger partial charge on any atom is 0.157 e. The molecule has 0 radical (unpaired) electrons. The molecule has 174 valence electrons. The van der Waals surface area contributed by atoms with Crippen LogP contribution in [0.15, 0.2) is 119 Å². The maximum atomic E-state index is 5.34. The van der Waals surface area contributed by atoms with E-state index in [0.29, 0.717) is 0 Å². The van der Waals surface area contributed by atoms with Gasteiger partial charge in [0.25, 0.3) is 0 Å². The molecule has 0 fully saturated rings. The molecule has 4 heteroatoms. The molecule has 2 aromatic heterocycles. The van der Waals surface area contributed by atoms with E-state index in [1.165, 1.54) is 36.8 Å². The van der Waals surface area contributed by atoms with Crippen LogP contribution >= 0.6 is 11.3 Å². The molecule has 2 atom stereocenters. The van der Waals surface area contributed by atoms with E-state index >= 15 is 0 Å². The van der Waals surface area contributed by atoms with Gasteiger partial charge in [0.2, 0.25) is 0 Å². The largest absolute Gasteiger partial charge is 0.295 e. The lowest BCUT2D eigenvalue weighted by atomic mass is 9.88. The fourth-order valence-corrected chi connectivity index (χ4v) is 6.77. The molecule has 3 nitrogen and oxygen atoms in total. The van der Waals surface area contributed by atoms with Crippen molar-refractivity contribution in [2.75, 3.05) is 0 Å². The second kappa shape index (κ2) is 8.58. The molecule has 1 aliphatic rings. The SMILES string of the molecule is CCC1C(n2c3ccccc3c3sc4ccccc4c32)=NC(c2ccccc2)=NC1c1ccccc1. The summed E-state index contributed by atoms with van der Waals surface area (Å²) in [5.74, 6) is 2.03. The molecular formula is C32H25N3S. The molecule has 0 spiro atoms. The Morgan fingerprint density at radius 2 is 1.42 bits per heavy atom. The Morgan fingerprint density at radius 3 is 2.19 bits per heavy atom. The van der Waals surface area contributed by atoms with Crippen molar-refractivity contribution in [2.24, 2.45) is 15.9 Å². The lowest BCUT2D eigenvalue weighted by molar-refractivity contribution is 0.522. The molecule has 1 aliphatic heterocycles. The summed E-state index contributed by atoms with van der Waals surface area (Å²) in [6.07, 6.45) is 0.944. The number of nitrogens with zero attached hydrogens (tertiary/aromatic N) is 3. The number of rotatable bonds is 3. The third-order valence-corrected chi connectivity index (χ3v) is 8.41. The molecule has 0 bridgehead atoms. The summed E-state index contributed by atoms with van der Waals surface area (Å²) >= 11 is 1.87. The number of hydrogen-bond acceptors (Lipinski definition) is 3. The lowest BCUT2D eigenvalue weighted by Crippen LogP contribution is -2.32. The van der Waals surface area contributed by atoms with E-state index in [2.05, 4.69) is 115 Å². The highest BCUT2D eigenvalue weighted by molar-refractivity contribution is 7.26. The highest BCUT2D eigenvalue weighted by Gasteiger charge is 2.34. The zero-order valence-corrected chi connectivity index (χ0v) is 20.8. The Balaban J connectivity index is 1.56. The predicted octanol–water partition coefficient (Wildman–Crippen LogP) is 8.48. The first-order valence-corrected chi connectivity index (χ1v) is 13.3. The number of amidine groups is 1. The van der Waals surface area contributed by atoms with Crippen LogP contribution in [-0.2, 0) is 0 Å². The van der Waals surface area contributed by atoms with Gasteiger partial charge in [-0.15, -0.1) is 11.3 Å². The molecule has 36 heavy (non-hydrogen) atoms. The predicted molar refractivity (Wildman–Crippen MR) is 154 cm³/mol. The highest BCUT2D eigenvalue weighted by atomic mass is 32.1. The third-order valence-electron chi connectivity index (χ3n) is 7.22. The van der Waals surface area contributed by atoms with Gasteiger partial charge in [-0.05, 0) is 24.1 Å². The molecular weight excluding hydrogens is 458 g/mol. The van der Waals surface area contributed by atoms with Crippen LogP contribution in [-0.4, -0.2) is 16.2 Å². The van der Waals surface area contributed by atoms with Crippen molar-refractivity contribution in [1.82, 2.24) is 4.57 Å². The minimum Gasteiger partial charge on any atom is -0.295 e. The molecule has 3 heterocycles. The van der Waals surface area contributed by atoms with Gasteiger partial charge in [-0.2, -0.15) is 0 Å². The number of para-hydroxylation sites is 1. The van der Waals surface area contributed by atoms with Crippen LogP contribution in [0.1, 0.15) is 30.5 Å². The number of aliphatic imine (C=N–C) groups is 2. The molecule has 0 N–H and O–H groups in total. The molecule has 2 unspecified atom stereocenters. The van der Waals surface area contributed by atoms with Crippen molar-refractivity contribution in [1.29, 1.82) is 0 Å². The minimum atomic E-state index is 0.0000169. The summed E-state index contributed by atoms with van der Waals surface area (Å²) in [6.45, 7) is 2.26. The van der Waals surface area contributed by atoms with Gasteiger partial charge in [0.05, 0.1) is 21.8 Å².